The van der Waals surface area contributed by atoms with Gasteiger partial charge < -0.3 is 14.2 Å². The van der Waals surface area contributed by atoms with E-state index in [4.69, 9.17) is 0 Å². The lowest BCUT2D eigenvalue weighted by Crippen LogP contribution is -2.88. The van der Waals surface area contributed by atoms with Crippen molar-refractivity contribution in [2.45, 2.75) is 55.5 Å². The average Bonchev–Trinajstić information content (AvgIpc) is 2.76. The van der Waals surface area contributed by atoms with Gasteiger partial charge in [-0.3, -0.25) is 0 Å². The second-order valence-electron chi connectivity index (χ2n) is 8.20. The molecule has 0 aromatic carbocycles. The summed E-state index contributed by atoms with van der Waals surface area (Å²) in [7, 11) is 0. The maximum absolute atomic E-state index is 15.5. The first-order chi connectivity index (χ1) is 16.0. The summed E-state index contributed by atoms with van der Waals surface area (Å²) in [5.41, 5.74) is -20.1. The summed E-state index contributed by atoms with van der Waals surface area (Å²) in [5, 5.41) is 0. The Bertz CT molecular complexity index is 847. The van der Waals surface area contributed by atoms with Crippen LogP contribution in [-0.4, -0.2) is 72.5 Å². The fourth-order valence-electron chi connectivity index (χ4n) is 2.94. The molecule has 0 spiro atoms. The van der Waals surface area contributed by atoms with Crippen LogP contribution in [0.2, 0.25) is 0 Å². The molecule has 1 aliphatic rings. The molecule has 0 aromatic heterocycles. The minimum atomic E-state index is -6.61. The van der Waals surface area contributed by atoms with Crippen molar-refractivity contribution in [1.29, 1.82) is 0 Å². The summed E-state index contributed by atoms with van der Waals surface area (Å²) in [5.74, 6) is -25.2. The fraction of sp³-hybridized carbons (Fsp3) is 0.571. The molecule has 204 valence electrons. The first-order valence-electron chi connectivity index (χ1n) is 9.66. The Kier molecular flexibility index (Phi) is 8.16. The van der Waals surface area contributed by atoms with E-state index in [1.54, 1.807) is 0 Å². The van der Waals surface area contributed by atoms with Gasteiger partial charge in [-0.15, -0.1) is 0 Å². The molecule has 36 heavy (non-hydrogen) atoms. The summed E-state index contributed by atoms with van der Waals surface area (Å²) in [6.45, 7) is 2.82. The predicted molar refractivity (Wildman–Crippen MR) is 104 cm³/mol. The van der Waals surface area contributed by atoms with Crippen molar-refractivity contribution < 1.29 is 68.1 Å². The minimum Gasteiger partial charge on any atom is -0.458 e. The lowest BCUT2D eigenvalue weighted by Gasteiger charge is -2.57. The highest BCUT2D eigenvalue weighted by Gasteiger charge is 2.99. The highest BCUT2D eigenvalue weighted by Crippen LogP contribution is 2.68. The van der Waals surface area contributed by atoms with E-state index in [0.717, 1.165) is 20.8 Å². The standard InChI is InChI=1S/C21H21F9O6/c1-10(2)13(31)34-7-16(22)19(25,26)17(23,8-35-14(32)11(3)4)21(29,30)18(24,20(16,27)28)9-36-15(33)12(5)6/h1,3,5,7-9H2,2,4,6H3. The van der Waals surface area contributed by atoms with Gasteiger partial charge in [-0.2, -0.15) is 26.3 Å². The maximum Gasteiger partial charge on any atom is 0.333 e. The Labute approximate surface area is 198 Å². The Balaban J connectivity index is 3.87. The normalized spacial score (nSPS) is 30.0. The van der Waals surface area contributed by atoms with Gasteiger partial charge in [-0.05, 0) is 20.8 Å². The number of esters is 3. The second kappa shape index (κ2) is 9.47. The third-order valence-corrected chi connectivity index (χ3v) is 5.24. The number of alkyl halides is 9. The fourth-order valence-corrected chi connectivity index (χ4v) is 2.94. The van der Waals surface area contributed by atoms with E-state index in [-0.39, 0.29) is 0 Å². The Hall–Kier alpha value is -3.00. The molecule has 0 atom stereocenters. The van der Waals surface area contributed by atoms with Crippen LogP contribution in [0.15, 0.2) is 36.5 Å². The number of hydrogen-bond donors (Lipinski definition) is 0. The molecule has 0 heterocycles. The largest absolute Gasteiger partial charge is 0.458 e. The van der Waals surface area contributed by atoms with E-state index in [9.17, 15) is 14.4 Å². The highest BCUT2D eigenvalue weighted by atomic mass is 19.3. The van der Waals surface area contributed by atoms with Gasteiger partial charge in [-0.1, -0.05) is 19.7 Å². The molecule has 1 saturated carbocycles. The van der Waals surface area contributed by atoms with Crippen molar-refractivity contribution in [3.8, 4) is 0 Å². The van der Waals surface area contributed by atoms with Crippen LogP contribution < -0.4 is 0 Å². The van der Waals surface area contributed by atoms with Gasteiger partial charge in [0.2, 0.25) is 0 Å². The minimum absolute atomic E-state index is 0.671. The summed E-state index contributed by atoms with van der Waals surface area (Å²) >= 11 is 0. The average molecular weight is 540 g/mol. The predicted octanol–water partition coefficient (Wildman–Crippen LogP) is 4.39. The third-order valence-electron chi connectivity index (χ3n) is 5.24. The Morgan fingerprint density at radius 3 is 0.806 bits per heavy atom. The van der Waals surface area contributed by atoms with Crippen LogP contribution in [0.3, 0.4) is 0 Å². The molecule has 1 aliphatic carbocycles. The first kappa shape index (κ1) is 31.0. The molecule has 0 aliphatic heterocycles. The van der Waals surface area contributed by atoms with Crippen LogP contribution in [-0.2, 0) is 28.6 Å². The summed E-state index contributed by atoms with van der Waals surface area (Å²) in [6.07, 6.45) is 0. The molecule has 0 N–H and O–H groups in total. The number of ether oxygens (including phenoxy) is 3. The molecule has 6 nitrogen and oxygen atoms in total. The highest BCUT2D eigenvalue weighted by molar-refractivity contribution is 5.87. The number of hydrogen-bond acceptors (Lipinski definition) is 6. The number of carbonyl (C=O) groups excluding carboxylic acids is 3. The van der Waals surface area contributed by atoms with Crippen LogP contribution in [0.25, 0.3) is 0 Å². The van der Waals surface area contributed by atoms with Crippen molar-refractivity contribution in [1.82, 2.24) is 0 Å². The maximum atomic E-state index is 15.5. The van der Waals surface area contributed by atoms with Gasteiger partial charge in [0.25, 0.3) is 17.0 Å². The molecular weight excluding hydrogens is 519 g/mol. The molecule has 0 aromatic rings. The van der Waals surface area contributed by atoms with Crippen LogP contribution in [0, 0.1) is 0 Å². The lowest BCUT2D eigenvalue weighted by atomic mass is 9.62. The monoisotopic (exact) mass is 540 g/mol. The molecule has 1 rings (SSSR count). The van der Waals surface area contributed by atoms with Gasteiger partial charge in [0.05, 0.1) is 0 Å². The van der Waals surface area contributed by atoms with Gasteiger partial charge >= 0.3 is 35.7 Å². The molecule has 0 saturated heterocycles. The van der Waals surface area contributed by atoms with E-state index in [1.807, 2.05) is 0 Å². The molecule has 0 radical (unpaired) electrons. The van der Waals surface area contributed by atoms with Gasteiger partial charge in [-0.25, -0.2) is 27.6 Å². The van der Waals surface area contributed by atoms with E-state index < -0.39 is 89.2 Å². The van der Waals surface area contributed by atoms with Crippen LogP contribution in [0.4, 0.5) is 39.5 Å². The first-order valence-corrected chi connectivity index (χ1v) is 9.66. The smallest absolute Gasteiger partial charge is 0.333 e. The Morgan fingerprint density at radius 1 is 0.500 bits per heavy atom. The summed E-state index contributed by atoms with van der Waals surface area (Å²) in [4.78, 5) is 34.5. The SMILES string of the molecule is C=C(C)C(=O)OCC1(F)C(F)(F)C(F)(COC(=O)C(=C)C)C(F)(F)C(F)(COC(=O)C(=C)C)C1(F)F. The van der Waals surface area contributed by atoms with Crippen molar-refractivity contribution in [2.75, 3.05) is 19.8 Å². The molecule has 0 bridgehead atoms. The van der Waals surface area contributed by atoms with Crippen LogP contribution in [0.1, 0.15) is 20.8 Å². The van der Waals surface area contributed by atoms with Crippen molar-refractivity contribution in [3.05, 3.63) is 36.5 Å². The second-order valence-corrected chi connectivity index (χ2v) is 8.20. The molecule has 0 unspecified atom stereocenters. The van der Waals surface area contributed by atoms with Crippen LogP contribution >= 0.6 is 0 Å². The van der Waals surface area contributed by atoms with E-state index in [0.29, 0.717) is 0 Å². The van der Waals surface area contributed by atoms with E-state index in [1.165, 1.54) is 0 Å². The summed E-state index contributed by atoms with van der Waals surface area (Å²) in [6, 6.07) is 0. The van der Waals surface area contributed by atoms with Crippen molar-refractivity contribution in [2.24, 2.45) is 0 Å². The summed E-state index contributed by atoms with van der Waals surface area (Å²) < 4.78 is 149. The lowest BCUT2D eigenvalue weighted by molar-refractivity contribution is -0.443. The van der Waals surface area contributed by atoms with Gasteiger partial charge in [0.15, 0.2) is 0 Å². The molecule has 15 heteroatoms. The van der Waals surface area contributed by atoms with Gasteiger partial charge in [0, 0.05) is 16.7 Å². The molecular formula is C21H21F9O6. The van der Waals surface area contributed by atoms with E-state index in [2.05, 4.69) is 33.9 Å². The topological polar surface area (TPSA) is 78.9 Å². The zero-order valence-electron chi connectivity index (χ0n) is 19.1. The van der Waals surface area contributed by atoms with Crippen molar-refractivity contribution >= 4 is 17.9 Å². The Morgan fingerprint density at radius 2 is 0.667 bits per heavy atom. The number of halogens is 9. The zero-order valence-corrected chi connectivity index (χ0v) is 19.1. The van der Waals surface area contributed by atoms with Crippen LogP contribution in [0.5, 0.6) is 0 Å². The quantitative estimate of drug-likeness (QED) is 0.187. The van der Waals surface area contributed by atoms with E-state index >= 15 is 39.5 Å². The third kappa shape index (κ3) is 4.25. The molecule has 1 fully saturated rings. The number of rotatable bonds is 9. The van der Waals surface area contributed by atoms with Crippen molar-refractivity contribution in [3.63, 3.8) is 0 Å². The molecule has 0 amide bonds. The number of carbonyl (C=O) groups is 3. The zero-order chi connectivity index (χ0) is 28.7. The van der Waals surface area contributed by atoms with Gasteiger partial charge in [0.1, 0.15) is 19.8 Å².